The third-order valence-electron chi connectivity index (χ3n) is 2.65. The third-order valence-corrected chi connectivity index (χ3v) is 3.54. The van der Waals surface area contributed by atoms with Crippen LogP contribution in [0.2, 0.25) is 0 Å². The highest BCUT2D eigenvalue weighted by Gasteiger charge is 2.30. The summed E-state index contributed by atoms with van der Waals surface area (Å²) in [6.07, 6.45) is 4.84. The second kappa shape index (κ2) is 4.21. The first-order chi connectivity index (χ1) is 6.75. The third kappa shape index (κ3) is 2.20. The molecule has 1 aliphatic heterocycles. The number of carboxylic acid groups (broad SMARTS) is 1. The number of hydrogen-bond donors (Lipinski definition) is 2. The molecule has 0 aromatic heterocycles. The molecule has 1 aliphatic carbocycles. The van der Waals surface area contributed by atoms with Crippen LogP contribution < -0.4 is 5.32 Å². The topological polar surface area (TPSA) is 61.7 Å². The van der Waals surface area contributed by atoms with E-state index in [1.807, 2.05) is 0 Å². The smallest absolute Gasteiger partial charge is 0.313 e. The fraction of sp³-hybridized carbons (Fsp3) is 0.778. The van der Waals surface area contributed by atoms with Crippen LogP contribution in [0.1, 0.15) is 25.7 Å². The van der Waals surface area contributed by atoms with Crippen molar-refractivity contribution >= 4 is 22.9 Å². The van der Waals surface area contributed by atoms with Crippen molar-refractivity contribution in [2.24, 2.45) is 4.99 Å². The number of rotatable bonds is 2. The van der Waals surface area contributed by atoms with Crippen LogP contribution in [0.5, 0.6) is 0 Å². The van der Waals surface area contributed by atoms with Crippen LogP contribution in [0, 0.1) is 0 Å². The van der Waals surface area contributed by atoms with Crippen molar-refractivity contribution in [3.05, 3.63) is 0 Å². The van der Waals surface area contributed by atoms with Gasteiger partial charge in [0, 0.05) is 0 Å². The zero-order valence-corrected chi connectivity index (χ0v) is 8.72. The Bertz CT molecular complexity index is 268. The molecule has 1 fully saturated rings. The van der Waals surface area contributed by atoms with Crippen LogP contribution in [-0.4, -0.2) is 34.1 Å². The number of hydrogen-bond acceptors (Lipinski definition) is 4. The summed E-state index contributed by atoms with van der Waals surface area (Å²) in [5.74, 6) is -0.681. The molecular weight excluding hydrogens is 200 g/mol. The fourth-order valence-corrected chi connectivity index (χ4v) is 2.69. The van der Waals surface area contributed by atoms with Crippen LogP contribution in [0.25, 0.3) is 0 Å². The van der Waals surface area contributed by atoms with Crippen molar-refractivity contribution in [2.75, 3.05) is 5.75 Å². The molecule has 0 spiro atoms. The van der Waals surface area contributed by atoms with Gasteiger partial charge in [0.1, 0.15) is 0 Å². The number of aliphatic imine (C=N–C) groups is 1. The van der Waals surface area contributed by atoms with Crippen LogP contribution in [0.15, 0.2) is 4.99 Å². The molecule has 0 radical (unpaired) electrons. The average Bonchev–Trinajstić information content (AvgIpc) is 2.57. The largest absolute Gasteiger partial charge is 0.481 e. The Morgan fingerprint density at radius 3 is 3.07 bits per heavy atom. The van der Waals surface area contributed by atoms with Gasteiger partial charge in [-0.25, -0.2) is 0 Å². The number of carboxylic acids is 1. The minimum Gasteiger partial charge on any atom is -0.481 e. The Hall–Kier alpha value is -0.710. The fourth-order valence-electron chi connectivity index (χ4n) is 1.99. The molecule has 1 heterocycles. The number of nitrogens with zero attached hydrogens (tertiary/aromatic N) is 1. The van der Waals surface area contributed by atoms with Gasteiger partial charge in [-0.15, -0.1) is 0 Å². The summed E-state index contributed by atoms with van der Waals surface area (Å²) in [6, 6.07) is 0.875. The van der Waals surface area contributed by atoms with Crippen LogP contribution in [0.3, 0.4) is 0 Å². The molecular formula is C9H14N2O2S. The first-order valence-corrected chi connectivity index (χ1v) is 5.93. The zero-order valence-electron chi connectivity index (χ0n) is 7.90. The standard InChI is InChI=1S/C9H14N2O2S/c12-8(13)5-14-9-10-6-3-1-2-4-7(6)11-9/h6-7H,1-5H2,(H,10,11)(H,12,13)/t6-,7-/m1/s1. The number of aliphatic carboxylic acids is 1. The first kappa shape index (κ1) is 9.83. The van der Waals surface area contributed by atoms with E-state index in [0.717, 1.165) is 11.6 Å². The highest BCUT2D eigenvalue weighted by molar-refractivity contribution is 8.14. The molecule has 0 saturated heterocycles. The lowest BCUT2D eigenvalue weighted by atomic mass is 9.92. The zero-order chi connectivity index (χ0) is 9.97. The number of carbonyl (C=O) groups is 1. The van der Waals surface area contributed by atoms with E-state index in [2.05, 4.69) is 10.3 Å². The highest BCUT2D eigenvalue weighted by atomic mass is 32.2. The molecule has 2 N–H and O–H groups in total. The number of fused-ring (bicyclic) bond motifs is 1. The normalized spacial score (nSPS) is 30.4. The molecule has 2 atom stereocenters. The van der Waals surface area contributed by atoms with Gasteiger partial charge in [-0.2, -0.15) is 0 Å². The maximum Gasteiger partial charge on any atom is 0.313 e. The SMILES string of the molecule is O=C(O)CSC1=N[C@@H]2CCCC[C@H]2N1. The molecule has 0 bridgehead atoms. The highest BCUT2D eigenvalue weighted by Crippen LogP contribution is 2.26. The van der Waals surface area contributed by atoms with Gasteiger partial charge in [0.25, 0.3) is 0 Å². The average molecular weight is 214 g/mol. The molecule has 0 amide bonds. The monoisotopic (exact) mass is 214 g/mol. The van der Waals surface area contributed by atoms with Gasteiger partial charge >= 0.3 is 5.97 Å². The number of nitrogens with one attached hydrogen (secondary N) is 1. The summed E-state index contributed by atoms with van der Waals surface area (Å²) in [4.78, 5) is 14.9. The van der Waals surface area contributed by atoms with Gasteiger partial charge in [-0.1, -0.05) is 24.6 Å². The van der Waals surface area contributed by atoms with E-state index < -0.39 is 5.97 Å². The molecule has 0 aromatic carbocycles. The summed E-state index contributed by atoms with van der Waals surface area (Å²) in [7, 11) is 0. The van der Waals surface area contributed by atoms with Gasteiger partial charge in [-0.3, -0.25) is 9.79 Å². The van der Waals surface area contributed by atoms with Gasteiger partial charge in [0.2, 0.25) is 0 Å². The Balaban J connectivity index is 1.86. The molecule has 2 aliphatic rings. The molecule has 1 saturated carbocycles. The van der Waals surface area contributed by atoms with Crippen LogP contribution in [-0.2, 0) is 4.79 Å². The second-order valence-electron chi connectivity index (χ2n) is 3.72. The maximum absolute atomic E-state index is 10.4. The molecule has 2 rings (SSSR count). The van der Waals surface area contributed by atoms with E-state index >= 15 is 0 Å². The second-order valence-corrected chi connectivity index (χ2v) is 4.68. The number of thioether (sulfide) groups is 1. The van der Waals surface area contributed by atoms with E-state index in [1.165, 1.54) is 31.0 Å². The predicted molar refractivity (Wildman–Crippen MR) is 56.7 cm³/mol. The van der Waals surface area contributed by atoms with Crippen LogP contribution in [0.4, 0.5) is 0 Å². The Morgan fingerprint density at radius 2 is 2.36 bits per heavy atom. The molecule has 0 aromatic rings. The van der Waals surface area contributed by atoms with Crippen molar-refractivity contribution in [1.82, 2.24) is 5.32 Å². The summed E-state index contributed by atoms with van der Waals surface area (Å²) in [5.41, 5.74) is 0. The van der Waals surface area contributed by atoms with Crippen molar-refractivity contribution in [3.8, 4) is 0 Å². The summed E-state index contributed by atoms with van der Waals surface area (Å²) in [5, 5.41) is 12.7. The lowest BCUT2D eigenvalue weighted by Gasteiger charge is -2.22. The molecule has 78 valence electrons. The summed E-state index contributed by atoms with van der Waals surface area (Å²) in [6.45, 7) is 0. The summed E-state index contributed by atoms with van der Waals surface area (Å²) < 4.78 is 0. The molecule has 4 nitrogen and oxygen atoms in total. The van der Waals surface area contributed by atoms with Crippen molar-refractivity contribution in [3.63, 3.8) is 0 Å². The Kier molecular flexibility index (Phi) is 2.96. The van der Waals surface area contributed by atoms with Gasteiger partial charge in [-0.05, 0) is 12.8 Å². The number of amidine groups is 1. The van der Waals surface area contributed by atoms with Gasteiger partial charge < -0.3 is 10.4 Å². The Morgan fingerprint density at radius 1 is 1.57 bits per heavy atom. The first-order valence-electron chi connectivity index (χ1n) is 4.94. The lowest BCUT2D eigenvalue weighted by molar-refractivity contribution is -0.133. The van der Waals surface area contributed by atoms with E-state index in [0.29, 0.717) is 12.1 Å². The van der Waals surface area contributed by atoms with E-state index in [9.17, 15) is 4.79 Å². The molecule has 14 heavy (non-hydrogen) atoms. The molecule has 0 unspecified atom stereocenters. The van der Waals surface area contributed by atoms with Crippen molar-refractivity contribution in [2.45, 2.75) is 37.8 Å². The molecule has 5 heteroatoms. The lowest BCUT2D eigenvalue weighted by Crippen LogP contribution is -2.36. The minimum atomic E-state index is -0.783. The van der Waals surface area contributed by atoms with E-state index in [1.54, 1.807) is 0 Å². The van der Waals surface area contributed by atoms with Gasteiger partial charge in [0.15, 0.2) is 5.17 Å². The predicted octanol–water partition coefficient (Wildman–Crippen LogP) is 1.07. The maximum atomic E-state index is 10.4. The minimum absolute atomic E-state index is 0.102. The van der Waals surface area contributed by atoms with Crippen LogP contribution >= 0.6 is 11.8 Å². The van der Waals surface area contributed by atoms with Crippen molar-refractivity contribution < 1.29 is 9.90 Å². The van der Waals surface area contributed by atoms with E-state index in [4.69, 9.17) is 5.11 Å². The summed E-state index contributed by atoms with van der Waals surface area (Å²) >= 11 is 1.30. The van der Waals surface area contributed by atoms with E-state index in [-0.39, 0.29) is 5.75 Å². The van der Waals surface area contributed by atoms with Gasteiger partial charge in [0.05, 0.1) is 17.8 Å². The van der Waals surface area contributed by atoms with Crippen molar-refractivity contribution in [1.29, 1.82) is 0 Å². The quantitative estimate of drug-likeness (QED) is 0.722. The Labute approximate surface area is 87.2 Å².